The maximum Gasteiger partial charge on any atom is 0.371 e. The third kappa shape index (κ3) is 2.54. The molecule has 110 valence electrons. The van der Waals surface area contributed by atoms with Crippen molar-refractivity contribution >= 4 is 21.9 Å². The third-order valence-corrected chi connectivity index (χ3v) is 4.92. The number of sulfonamides is 1. The van der Waals surface area contributed by atoms with Crippen LogP contribution in [0.15, 0.2) is 21.6 Å². The largest absolute Gasteiger partial charge is 0.475 e. The molecule has 20 heavy (non-hydrogen) atoms. The molecule has 2 heterocycles. The normalized spacial score (nSPS) is 20.7. The molecule has 1 atom stereocenters. The van der Waals surface area contributed by atoms with Crippen molar-refractivity contribution < 1.29 is 27.5 Å². The van der Waals surface area contributed by atoms with E-state index >= 15 is 0 Å². The SMILES string of the molecule is NC(=O)C1CCCCN1S(=O)(=O)c1ccc(C(=O)O)o1. The fraction of sp³-hybridized carbons (Fsp3) is 0.455. The molecule has 1 aromatic heterocycles. The first-order valence-electron chi connectivity index (χ1n) is 5.98. The molecule has 0 bridgehead atoms. The molecule has 0 radical (unpaired) electrons. The Morgan fingerprint density at radius 3 is 2.60 bits per heavy atom. The van der Waals surface area contributed by atoms with Gasteiger partial charge in [0, 0.05) is 6.54 Å². The molecule has 9 heteroatoms. The van der Waals surface area contributed by atoms with Crippen molar-refractivity contribution in [3.8, 4) is 0 Å². The zero-order valence-electron chi connectivity index (χ0n) is 10.5. The van der Waals surface area contributed by atoms with Gasteiger partial charge in [-0.05, 0) is 25.0 Å². The lowest BCUT2D eigenvalue weighted by molar-refractivity contribution is -0.122. The molecular formula is C11H14N2O6S. The average molecular weight is 302 g/mol. The summed E-state index contributed by atoms with van der Waals surface area (Å²) in [4.78, 5) is 22.1. The Morgan fingerprint density at radius 2 is 2.05 bits per heavy atom. The van der Waals surface area contributed by atoms with Gasteiger partial charge in [0.1, 0.15) is 6.04 Å². The Morgan fingerprint density at radius 1 is 1.35 bits per heavy atom. The van der Waals surface area contributed by atoms with E-state index in [0.29, 0.717) is 19.3 Å². The number of carboxylic acids is 1. The van der Waals surface area contributed by atoms with Crippen LogP contribution in [-0.4, -0.2) is 42.3 Å². The van der Waals surface area contributed by atoms with Crippen LogP contribution in [0.2, 0.25) is 0 Å². The van der Waals surface area contributed by atoms with E-state index in [1.54, 1.807) is 0 Å². The zero-order chi connectivity index (χ0) is 14.9. The Bertz CT molecular complexity index is 635. The number of carbonyl (C=O) groups excluding carboxylic acids is 1. The van der Waals surface area contributed by atoms with Crippen LogP contribution in [0, 0.1) is 0 Å². The summed E-state index contributed by atoms with van der Waals surface area (Å²) in [6.07, 6.45) is 1.66. The predicted molar refractivity (Wildman–Crippen MR) is 66.4 cm³/mol. The van der Waals surface area contributed by atoms with Crippen molar-refractivity contribution in [1.82, 2.24) is 4.31 Å². The van der Waals surface area contributed by atoms with Gasteiger partial charge in [0.05, 0.1) is 0 Å². The van der Waals surface area contributed by atoms with Gasteiger partial charge in [0.2, 0.25) is 16.8 Å². The minimum atomic E-state index is -4.07. The molecule has 8 nitrogen and oxygen atoms in total. The molecule has 0 aromatic carbocycles. The van der Waals surface area contributed by atoms with Crippen molar-refractivity contribution in [2.45, 2.75) is 30.4 Å². The van der Waals surface area contributed by atoms with Crippen LogP contribution in [0.1, 0.15) is 29.8 Å². The van der Waals surface area contributed by atoms with E-state index in [-0.39, 0.29) is 6.54 Å². The van der Waals surface area contributed by atoms with Gasteiger partial charge >= 0.3 is 5.97 Å². The van der Waals surface area contributed by atoms with Crippen LogP contribution in [0.3, 0.4) is 0 Å². The van der Waals surface area contributed by atoms with Gasteiger partial charge in [-0.3, -0.25) is 4.79 Å². The Balaban J connectivity index is 2.36. The minimum Gasteiger partial charge on any atom is -0.475 e. The molecule has 1 saturated heterocycles. The predicted octanol–water partition coefficient (Wildman–Crippen LogP) is 0.00630. The molecule has 1 amide bonds. The topological polar surface area (TPSA) is 131 Å². The molecule has 1 aromatic rings. The monoisotopic (exact) mass is 302 g/mol. The van der Waals surface area contributed by atoms with E-state index in [2.05, 4.69) is 0 Å². The number of aromatic carboxylic acids is 1. The highest BCUT2D eigenvalue weighted by atomic mass is 32.2. The molecule has 3 N–H and O–H groups in total. The molecule has 1 aliphatic heterocycles. The first-order valence-corrected chi connectivity index (χ1v) is 7.42. The van der Waals surface area contributed by atoms with Gasteiger partial charge in [-0.25, -0.2) is 13.2 Å². The first kappa shape index (κ1) is 14.5. The third-order valence-electron chi connectivity index (χ3n) is 3.14. The number of nitrogens with zero attached hydrogens (tertiary/aromatic N) is 1. The lowest BCUT2D eigenvalue weighted by Gasteiger charge is -2.31. The van der Waals surface area contributed by atoms with E-state index in [9.17, 15) is 18.0 Å². The molecule has 1 fully saturated rings. The lowest BCUT2D eigenvalue weighted by atomic mass is 10.0. The van der Waals surface area contributed by atoms with Crippen molar-refractivity contribution in [3.63, 3.8) is 0 Å². The number of furan rings is 1. The summed E-state index contributed by atoms with van der Waals surface area (Å²) >= 11 is 0. The summed E-state index contributed by atoms with van der Waals surface area (Å²) in [5, 5.41) is 8.24. The van der Waals surface area contributed by atoms with Gasteiger partial charge in [0.25, 0.3) is 10.0 Å². The first-order chi connectivity index (χ1) is 9.34. The molecule has 1 unspecified atom stereocenters. The Hall–Kier alpha value is -1.87. The molecule has 1 aliphatic rings. The summed E-state index contributed by atoms with van der Waals surface area (Å²) in [5.41, 5.74) is 5.22. The van der Waals surface area contributed by atoms with Gasteiger partial charge in [-0.15, -0.1) is 0 Å². The number of carboxylic acid groups (broad SMARTS) is 1. The van der Waals surface area contributed by atoms with Crippen molar-refractivity contribution in [1.29, 1.82) is 0 Å². The number of piperidine rings is 1. The highest BCUT2D eigenvalue weighted by Gasteiger charge is 2.38. The maximum atomic E-state index is 12.4. The molecular weight excluding hydrogens is 288 g/mol. The highest BCUT2D eigenvalue weighted by Crippen LogP contribution is 2.26. The number of hydrogen-bond acceptors (Lipinski definition) is 5. The van der Waals surface area contributed by atoms with Crippen molar-refractivity contribution in [2.75, 3.05) is 6.54 Å². The fourth-order valence-corrected chi connectivity index (χ4v) is 3.75. The molecule has 0 aliphatic carbocycles. The van der Waals surface area contributed by atoms with E-state index < -0.39 is 38.8 Å². The minimum absolute atomic E-state index is 0.152. The van der Waals surface area contributed by atoms with Gasteiger partial charge < -0.3 is 15.3 Å². The van der Waals surface area contributed by atoms with Crippen LogP contribution in [0.25, 0.3) is 0 Å². The van der Waals surface area contributed by atoms with Crippen LogP contribution in [-0.2, 0) is 14.8 Å². The number of nitrogens with two attached hydrogens (primary N) is 1. The summed E-state index contributed by atoms with van der Waals surface area (Å²) in [6, 6.07) is 1.19. The molecule has 0 saturated carbocycles. The average Bonchev–Trinajstić information content (AvgIpc) is 2.89. The molecule has 0 spiro atoms. The fourth-order valence-electron chi connectivity index (χ4n) is 2.17. The number of hydrogen-bond donors (Lipinski definition) is 2. The van der Waals surface area contributed by atoms with E-state index in [4.69, 9.17) is 15.3 Å². The maximum absolute atomic E-state index is 12.4. The van der Waals surface area contributed by atoms with E-state index in [0.717, 1.165) is 16.4 Å². The number of rotatable bonds is 4. The number of amides is 1. The summed E-state index contributed by atoms with van der Waals surface area (Å²) in [6.45, 7) is 0.152. The zero-order valence-corrected chi connectivity index (χ0v) is 11.3. The van der Waals surface area contributed by atoms with Crippen LogP contribution in [0.4, 0.5) is 0 Å². The number of primary amides is 1. The second-order valence-corrected chi connectivity index (χ2v) is 6.28. The van der Waals surface area contributed by atoms with Crippen LogP contribution < -0.4 is 5.73 Å². The van der Waals surface area contributed by atoms with E-state index in [1.807, 2.05) is 0 Å². The van der Waals surface area contributed by atoms with Crippen LogP contribution in [0.5, 0.6) is 0 Å². The Kier molecular flexibility index (Phi) is 3.82. The highest BCUT2D eigenvalue weighted by molar-refractivity contribution is 7.89. The number of carbonyl (C=O) groups is 2. The second kappa shape index (κ2) is 5.25. The van der Waals surface area contributed by atoms with Gasteiger partial charge in [0.15, 0.2) is 0 Å². The summed E-state index contributed by atoms with van der Waals surface area (Å²) in [7, 11) is -4.07. The van der Waals surface area contributed by atoms with Crippen LogP contribution >= 0.6 is 0 Å². The smallest absolute Gasteiger partial charge is 0.371 e. The van der Waals surface area contributed by atoms with Gasteiger partial charge in [-0.1, -0.05) is 6.42 Å². The second-order valence-electron chi connectivity index (χ2n) is 4.45. The Labute approximate surface area is 115 Å². The summed E-state index contributed by atoms with van der Waals surface area (Å²) in [5.74, 6) is -2.56. The standard InChI is InChI=1S/C11H14N2O6S/c12-10(14)7-3-1-2-6-13(7)20(17,18)9-5-4-8(19-9)11(15)16/h4-5,7H,1-3,6H2,(H2,12,14)(H,15,16). The lowest BCUT2D eigenvalue weighted by Crippen LogP contribution is -2.50. The quantitative estimate of drug-likeness (QED) is 0.805. The van der Waals surface area contributed by atoms with Crippen molar-refractivity contribution in [2.24, 2.45) is 5.73 Å². The van der Waals surface area contributed by atoms with Gasteiger partial charge in [-0.2, -0.15) is 4.31 Å². The summed E-state index contributed by atoms with van der Waals surface area (Å²) < 4.78 is 30.5. The van der Waals surface area contributed by atoms with Crippen molar-refractivity contribution in [3.05, 3.63) is 17.9 Å². The molecule has 2 rings (SSSR count). The van der Waals surface area contributed by atoms with E-state index in [1.165, 1.54) is 0 Å².